The van der Waals surface area contributed by atoms with Crippen LogP contribution in [0.2, 0.25) is 0 Å². The van der Waals surface area contributed by atoms with E-state index < -0.39 is 0 Å². The van der Waals surface area contributed by atoms with Gasteiger partial charge < -0.3 is 15.4 Å². The molecule has 4 heteroatoms. The SMILES string of the molecule is COc1cccc(C(C)(C)CNC2=NCCCN2)c1. The zero-order valence-electron chi connectivity index (χ0n) is 12.0. The average Bonchev–Trinajstić information content (AvgIpc) is 2.46. The number of guanidine groups is 1. The Morgan fingerprint density at radius 1 is 1.42 bits per heavy atom. The number of nitrogens with zero attached hydrogens (tertiary/aromatic N) is 1. The molecule has 0 atom stereocenters. The average molecular weight is 261 g/mol. The van der Waals surface area contributed by atoms with Crippen LogP contribution in [0.15, 0.2) is 29.3 Å². The maximum Gasteiger partial charge on any atom is 0.191 e. The normalized spacial score (nSPS) is 15.4. The molecule has 19 heavy (non-hydrogen) atoms. The van der Waals surface area contributed by atoms with Crippen LogP contribution in [-0.2, 0) is 5.41 Å². The van der Waals surface area contributed by atoms with Crippen LogP contribution in [0.5, 0.6) is 5.75 Å². The standard InChI is InChI=1S/C15H23N3O/c1-15(2,11-18-14-16-8-5-9-17-14)12-6-4-7-13(10-12)19-3/h4,6-7,10H,5,8-9,11H2,1-3H3,(H2,16,17,18). The third-order valence-electron chi connectivity index (χ3n) is 3.45. The lowest BCUT2D eigenvalue weighted by Gasteiger charge is -2.28. The highest BCUT2D eigenvalue weighted by Crippen LogP contribution is 2.25. The largest absolute Gasteiger partial charge is 0.497 e. The fourth-order valence-electron chi connectivity index (χ4n) is 2.10. The fourth-order valence-corrected chi connectivity index (χ4v) is 2.10. The van der Waals surface area contributed by atoms with Crippen molar-refractivity contribution in [2.24, 2.45) is 4.99 Å². The Hall–Kier alpha value is -1.71. The molecule has 0 aliphatic carbocycles. The number of aliphatic imine (C=N–C) groups is 1. The van der Waals surface area contributed by atoms with Crippen molar-refractivity contribution in [3.63, 3.8) is 0 Å². The Balaban J connectivity index is 2.02. The molecule has 1 heterocycles. The summed E-state index contributed by atoms with van der Waals surface area (Å²) in [6, 6.07) is 8.24. The first-order valence-corrected chi connectivity index (χ1v) is 6.78. The Morgan fingerprint density at radius 3 is 2.95 bits per heavy atom. The van der Waals surface area contributed by atoms with Gasteiger partial charge in [-0.05, 0) is 24.1 Å². The first kappa shape index (κ1) is 13.7. The van der Waals surface area contributed by atoms with E-state index in [-0.39, 0.29) is 5.41 Å². The number of methoxy groups -OCH3 is 1. The van der Waals surface area contributed by atoms with Crippen LogP contribution in [0.4, 0.5) is 0 Å². The molecule has 0 amide bonds. The van der Waals surface area contributed by atoms with Gasteiger partial charge >= 0.3 is 0 Å². The Labute approximate surface area is 115 Å². The minimum atomic E-state index is 0.0240. The summed E-state index contributed by atoms with van der Waals surface area (Å²) in [6.07, 6.45) is 1.12. The van der Waals surface area contributed by atoms with Crippen molar-refractivity contribution in [1.82, 2.24) is 10.6 Å². The van der Waals surface area contributed by atoms with Gasteiger partial charge in [-0.25, -0.2) is 0 Å². The van der Waals surface area contributed by atoms with Crippen LogP contribution in [-0.4, -0.2) is 32.7 Å². The van der Waals surface area contributed by atoms with Crippen LogP contribution >= 0.6 is 0 Å². The third-order valence-corrected chi connectivity index (χ3v) is 3.45. The fraction of sp³-hybridized carbons (Fsp3) is 0.533. The molecule has 4 nitrogen and oxygen atoms in total. The molecule has 1 aliphatic heterocycles. The molecule has 2 rings (SSSR count). The summed E-state index contributed by atoms with van der Waals surface area (Å²) in [6.45, 7) is 7.20. The van der Waals surface area contributed by atoms with Gasteiger partial charge in [0.2, 0.25) is 0 Å². The van der Waals surface area contributed by atoms with Gasteiger partial charge in [0.1, 0.15) is 5.75 Å². The zero-order chi connectivity index (χ0) is 13.7. The highest BCUT2D eigenvalue weighted by atomic mass is 16.5. The van der Waals surface area contributed by atoms with Crippen molar-refractivity contribution in [2.75, 3.05) is 26.7 Å². The molecule has 0 aromatic heterocycles. The predicted octanol–water partition coefficient (Wildman–Crippen LogP) is 1.91. The maximum atomic E-state index is 5.29. The number of benzene rings is 1. The quantitative estimate of drug-likeness (QED) is 0.870. The Morgan fingerprint density at radius 2 is 2.26 bits per heavy atom. The second-order valence-corrected chi connectivity index (χ2v) is 5.48. The van der Waals surface area contributed by atoms with E-state index in [1.807, 2.05) is 12.1 Å². The lowest BCUT2D eigenvalue weighted by atomic mass is 9.84. The van der Waals surface area contributed by atoms with Crippen LogP contribution in [0, 0.1) is 0 Å². The number of hydrogen-bond donors (Lipinski definition) is 2. The minimum absolute atomic E-state index is 0.0240. The topological polar surface area (TPSA) is 45.6 Å². The third kappa shape index (κ3) is 3.63. The summed E-state index contributed by atoms with van der Waals surface area (Å²) in [5.74, 6) is 1.82. The monoisotopic (exact) mass is 261 g/mol. The van der Waals surface area contributed by atoms with Crippen molar-refractivity contribution >= 4 is 5.96 Å². The van der Waals surface area contributed by atoms with Gasteiger partial charge in [0.05, 0.1) is 7.11 Å². The highest BCUT2D eigenvalue weighted by Gasteiger charge is 2.21. The van der Waals surface area contributed by atoms with Crippen molar-refractivity contribution in [3.05, 3.63) is 29.8 Å². The molecule has 2 N–H and O–H groups in total. The molecule has 0 saturated heterocycles. The number of rotatable bonds is 4. The lowest BCUT2D eigenvalue weighted by molar-refractivity contribution is 0.411. The zero-order valence-corrected chi connectivity index (χ0v) is 12.0. The second-order valence-electron chi connectivity index (χ2n) is 5.48. The first-order valence-electron chi connectivity index (χ1n) is 6.78. The molecule has 1 aromatic carbocycles. The summed E-state index contributed by atoms with van der Waals surface area (Å²) in [5.41, 5.74) is 1.28. The molecule has 0 spiro atoms. The summed E-state index contributed by atoms with van der Waals surface area (Å²) in [5, 5.41) is 6.68. The van der Waals surface area contributed by atoms with Crippen LogP contribution < -0.4 is 15.4 Å². The summed E-state index contributed by atoms with van der Waals surface area (Å²) < 4.78 is 5.29. The first-order chi connectivity index (χ1) is 9.12. The predicted molar refractivity (Wildman–Crippen MR) is 78.9 cm³/mol. The Kier molecular flexibility index (Phi) is 4.30. The molecular formula is C15H23N3O. The van der Waals surface area contributed by atoms with Gasteiger partial charge in [0.25, 0.3) is 0 Å². The highest BCUT2D eigenvalue weighted by molar-refractivity contribution is 5.80. The van der Waals surface area contributed by atoms with E-state index in [4.69, 9.17) is 4.74 Å². The molecule has 1 aromatic rings. The van der Waals surface area contributed by atoms with Gasteiger partial charge in [-0.1, -0.05) is 26.0 Å². The minimum Gasteiger partial charge on any atom is -0.497 e. The van der Waals surface area contributed by atoms with E-state index in [1.165, 1.54) is 5.56 Å². The lowest BCUT2D eigenvalue weighted by Crippen LogP contribution is -2.45. The van der Waals surface area contributed by atoms with Gasteiger partial charge in [0.15, 0.2) is 5.96 Å². The Bertz CT molecular complexity index is 454. The van der Waals surface area contributed by atoms with E-state index in [1.54, 1.807) is 7.11 Å². The number of nitrogens with one attached hydrogen (secondary N) is 2. The molecule has 0 radical (unpaired) electrons. The van der Waals surface area contributed by atoms with Crippen LogP contribution in [0.1, 0.15) is 25.8 Å². The van der Waals surface area contributed by atoms with E-state index in [0.717, 1.165) is 37.8 Å². The molecule has 0 fully saturated rings. The van der Waals surface area contributed by atoms with Gasteiger partial charge in [-0.2, -0.15) is 0 Å². The summed E-state index contributed by atoms with van der Waals surface area (Å²) >= 11 is 0. The van der Waals surface area contributed by atoms with Crippen molar-refractivity contribution in [1.29, 1.82) is 0 Å². The molecule has 0 saturated carbocycles. The van der Waals surface area contributed by atoms with E-state index in [2.05, 4.69) is 41.6 Å². The van der Waals surface area contributed by atoms with E-state index >= 15 is 0 Å². The van der Waals surface area contributed by atoms with Crippen LogP contribution in [0.3, 0.4) is 0 Å². The van der Waals surface area contributed by atoms with Crippen LogP contribution in [0.25, 0.3) is 0 Å². The summed E-state index contributed by atoms with van der Waals surface area (Å²) in [7, 11) is 1.70. The van der Waals surface area contributed by atoms with Gasteiger partial charge in [0, 0.05) is 25.0 Å². The molecule has 104 valence electrons. The molecule has 0 bridgehead atoms. The van der Waals surface area contributed by atoms with Gasteiger partial charge in [-0.15, -0.1) is 0 Å². The van der Waals surface area contributed by atoms with Crippen molar-refractivity contribution < 1.29 is 4.74 Å². The number of ether oxygens (including phenoxy) is 1. The second kappa shape index (κ2) is 5.95. The molecular weight excluding hydrogens is 238 g/mol. The summed E-state index contributed by atoms with van der Waals surface area (Å²) in [4.78, 5) is 4.43. The van der Waals surface area contributed by atoms with Gasteiger partial charge in [-0.3, -0.25) is 4.99 Å². The van der Waals surface area contributed by atoms with E-state index in [9.17, 15) is 0 Å². The smallest absolute Gasteiger partial charge is 0.191 e. The van der Waals surface area contributed by atoms with Crippen molar-refractivity contribution in [3.8, 4) is 5.75 Å². The molecule has 0 unspecified atom stereocenters. The van der Waals surface area contributed by atoms with Crippen molar-refractivity contribution in [2.45, 2.75) is 25.7 Å². The number of hydrogen-bond acceptors (Lipinski definition) is 4. The maximum absolute atomic E-state index is 5.29. The van der Waals surface area contributed by atoms with E-state index in [0.29, 0.717) is 0 Å². The molecule has 1 aliphatic rings.